The highest BCUT2D eigenvalue weighted by Crippen LogP contribution is 2.22. The highest BCUT2D eigenvalue weighted by molar-refractivity contribution is 5.46. The van der Waals surface area contributed by atoms with E-state index < -0.39 is 9.85 Å². The summed E-state index contributed by atoms with van der Waals surface area (Å²) in [6.07, 6.45) is 0.530. The number of nitrogens with zero attached hydrogens (tertiary/aromatic N) is 2. The van der Waals surface area contributed by atoms with Crippen LogP contribution in [0.25, 0.3) is 0 Å². The Morgan fingerprint density at radius 2 is 1.22 bits per heavy atom. The van der Waals surface area contributed by atoms with Crippen LogP contribution in [0.2, 0.25) is 0 Å². The molecule has 0 heterocycles. The molecule has 1 aromatic rings. The van der Waals surface area contributed by atoms with Gasteiger partial charge >= 0.3 is 0 Å². The van der Waals surface area contributed by atoms with Crippen molar-refractivity contribution in [3.05, 3.63) is 44.0 Å². The highest BCUT2D eigenvalue weighted by atomic mass is 16.6. The fourth-order valence-corrected chi connectivity index (χ4v) is 1.07. The highest BCUT2D eigenvalue weighted by Gasteiger charge is 2.15. The van der Waals surface area contributed by atoms with E-state index >= 15 is 0 Å². The molecule has 0 aromatic heterocycles. The first-order valence-corrected chi connectivity index (χ1v) is 5.97. The van der Waals surface area contributed by atoms with Crippen molar-refractivity contribution in [3.63, 3.8) is 0 Å². The topological polar surface area (TPSA) is 86.3 Å². The maximum Gasteiger partial charge on any atom is 0.276 e. The summed E-state index contributed by atoms with van der Waals surface area (Å²) in [6, 6.07) is 3.64. The van der Waals surface area contributed by atoms with Gasteiger partial charge in [0.25, 0.3) is 11.4 Å². The second kappa shape index (κ2) is 10.2. The minimum Gasteiger partial charge on any atom is -0.258 e. The summed E-state index contributed by atoms with van der Waals surface area (Å²) in [5.41, 5.74) is 0.109. The van der Waals surface area contributed by atoms with E-state index in [9.17, 15) is 20.2 Å². The summed E-state index contributed by atoms with van der Waals surface area (Å²) in [5, 5.41) is 20.9. The van der Waals surface area contributed by atoms with Gasteiger partial charge in [-0.2, -0.15) is 0 Å². The average molecular weight is 256 g/mol. The molecule has 0 atom stereocenters. The molecule has 0 N–H and O–H groups in total. The predicted octanol–water partition coefficient (Wildman–Crippen LogP) is 4.12. The summed E-state index contributed by atoms with van der Waals surface area (Å²) in [5.74, 6) is 0. The normalized spacial score (nSPS) is 8.28. The molecule has 6 nitrogen and oxygen atoms in total. The van der Waals surface area contributed by atoms with Crippen LogP contribution in [-0.4, -0.2) is 9.85 Å². The lowest BCUT2D eigenvalue weighted by Gasteiger charge is -1.97. The van der Waals surface area contributed by atoms with E-state index in [1.807, 2.05) is 27.7 Å². The largest absolute Gasteiger partial charge is 0.276 e. The Kier molecular flexibility index (Phi) is 10.4. The maximum absolute atomic E-state index is 10.4. The molecule has 0 bridgehead atoms. The molecule has 0 aliphatic carbocycles. The Morgan fingerprint density at radius 3 is 1.44 bits per heavy atom. The molecule has 0 amide bonds. The van der Waals surface area contributed by atoms with E-state index in [0.29, 0.717) is 12.0 Å². The van der Waals surface area contributed by atoms with E-state index in [4.69, 9.17) is 0 Å². The fraction of sp³-hybridized carbons (Fsp3) is 0.500. The molecular formula is C12H20N2O4. The van der Waals surface area contributed by atoms with Gasteiger partial charge in [-0.1, -0.05) is 34.6 Å². The molecule has 6 heteroatoms. The van der Waals surface area contributed by atoms with Crippen molar-refractivity contribution >= 4 is 11.4 Å². The van der Waals surface area contributed by atoms with E-state index in [0.717, 1.165) is 6.07 Å². The third-order valence-electron chi connectivity index (χ3n) is 1.79. The number of rotatable bonds is 3. The van der Waals surface area contributed by atoms with Gasteiger partial charge in [0.05, 0.1) is 15.9 Å². The summed E-state index contributed by atoms with van der Waals surface area (Å²) < 4.78 is 0. The third-order valence-corrected chi connectivity index (χ3v) is 1.79. The monoisotopic (exact) mass is 256 g/mol. The van der Waals surface area contributed by atoms with Crippen molar-refractivity contribution in [1.82, 2.24) is 0 Å². The number of nitro benzene ring substituents is 2. The first-order chi connectivity index (χ1) is 8.54. The Morgan fingerprint density at radius 1 is 0.889 bits per heavy atom. The van der Waals surface area contributed by atoms with Crippen LogP contribution in [0, 0.1) is 20.2 Å². The van der Waals surface area contributed by atoms with Crippen molar-refractivity contribution in [1.29, 1.82) is 0 Å². The van der Waals surface area contributed by atoms with Gasteiger partial charge in [0, 0.05) is 12.1 Å². The molecule has 18 heavy (non-hydrogen) atoms. The Hall–Kier alpha value is -1.98. The molecule has 1 rings (SSSR count). The number of aryl methyl sites for hydroxylation is 1. The average Bonchev–Trinajstić information content (AvgIpc) is 2.42. The van der Waals surface area contributed by atoms with Crippen molar-refractivity contribution < 1.29 is 9.85 Å². The standard InChI is InChI=1S/C8H8N2O4.2C2H6/c1-2-6-3-7(9(11)12)5-8(4-6)10(13)14;2*1-2/h3-5H,2H2,1H3;2*1-2H3. The van der Waals surface area contributed by atoms with Crippen LogP contribution < -0.4 is 0 Å². The van der Waals surface area contributed by atoms with E-state index in [-0.39, 0.29) is 11.4 Å². The Labute approximate surface area is 107 Å². The van der Waals surface area contributed by atoms with Gasteiger partial charge in [-0.25, -0.2) is 0 Å². The van der Waals surface area contributed by atoms with Crippen LogP contribution in [0.5, 0.6) is 0 Å². The lowest BCUT2D eigenvalue weighted by molar-refractivity contribution is -0.394. The molecule has 0 unspecified atom stereocenters. The zero-order chi connectivity index (χ0) is 14.7. The van der Waals surface area contributed by atoms with Crippen molar-refractivity contribution in [2.24, 2.45) is 0 Å². The molecule has 0 saturated heterocycles. The molecule has 102 valence electrons. The van der Waals surface area contributed by atoms with Gasteiger partial charge < -0.3 is 0 Å². The molecule has 0 spiro atoms. The van der Waals surface area contributed by atoms with Gasteiger partial charge in [0.1, 0.15) is 0 Å². The Bertz CT molecular complexity index is 359. The summed E-state index contributed by atoms with van der Waals surface area (Å²) in [7, 11) is 0. The zero-order valence-corrected chi connectivity index (χ0v) is 11.5. The van der Waals surface area contributed by atoms with E-state index in [1.165, 1.54) is 12.1 Å². The van der Waals surface area contributed by atoms with Gasteiger partial charge in [0.2, 0.25) is 0 Å². The van der Waals surface area contributed by atoms with Gasteiger partial charge in [-0.3, -0.25) is 20.2 Å². The third kappa shape index (κ3) is 5.93. The second-order valence-electron chi connectivity index (χ2n) is 2.73. The minimum absolute atomic E-state index is 0.240. The summed E-state index contributed by atoms with van der Waals surface area (Å²) >= 11 is 0. The van der Waals surface area contributed by atoms with Crippen molar-refractivity contribution in [2.45, 2.75) is 41.0 Å². The maximum atomic E-state index is 10.4. The molecule has 1 aromatic carbocycles. The number of hydrogen-bond acceptors (Lipinski definition) is 4. The van der Waals surface area contributed by atoms with Crippen molar-refractivity contribution in [2.75, 3.05) is 0 Å². The lowest BCUT2D eigenvalue weighted by Crippen LogP contribution is -1.94. The van der Waals surface area contributed by atoms with Gasteiger partial charge in [-0.15, -0.1) is 0 Å². The van der Waals surface area contributed by atoms with Crippen LogP contribution in [0.1, 0.15) is 40.2 Å². The van der Waals surface area contributed by atoms with Crippen molar-refractivity contribution in [3.8, 4) is 0 Å². The van der Waals surface area contributed by atoms with Crippen LogP contribution in [-0.2, 0) is 6.42 Å². The molecule has 0 radical (unpaired) electrons. The lowest BCUT2D eigenvalue weighted by atomic mass is 10.1. The number of benzene rings is 1. The number of nitro groups is 2. The number of hydrogen-bond donors (Lipinski definition) is 0. The predicted molar refractivity (Wildman–Crippen MR) is 71.8 cm³/mol. The molecule has 0 saturated carbocycles. The smallest absolute Gasteiger partial charge is 0.258 e. The first-order valence-electron chi connectivity index (χ1n) is 5.97. The Balaban J connectivity index is 0. The van der Waals surface area contributed by atoms with Crippen LogP contribution in [0.3, 0.4) is 0 Å². The SMILES string of the molecule is CC.CC.CCc1cc([N+](=O)[O-])cc([N+](=O)[O-])c1. The molecule has 0 aliphatic rings. The first kappa shape index (κ1) is 18.4. The van der Waals surface area contributed by atoms with Crippen LogP contribution >= 0.6 is 0 Å². The minimum atomic E-state index is -0.633. The van der Waals surface area contributed by atoms with Gasteiger partial charge in [0.15, 0.2) is 0 Å². The summed E-state index contributed by atoms with van der Waals surface area (Å²) in [4.78, 5) is 19.6. The van der Waals surface area contributed by atoms with E-state index in [2.05, 4.69) is 0 Å². The molecule has 0 aliphatic heterocycles. The quantitative estimate of drug-likeness (QED) is 0.601. The molecular weight excluding hydrogens is 236 g/mol. The van der Waals surface area contributed by atoms with E-state index in [1.54, 1.807) is 6.92 Å². The van der Waals surface area contributed by atoms with Crippen LogP contribution in [0.15, 0.2) is 18.2 Å². The summed E-state index contributed by atoms with van der Waals surface area (Å²) in [6.45, 7) is 9.78. The zero-order valence-electron chi connectivity index (χ0n) is 11.5. The fourth-order valence-electron chi connectivity index (χ4n) is 1.07. The van der Waals surface area contributed by atoms with Gasteiger partial charge in [-0.05, 0) is 12.0 Å². The molecule has 0 fully saturated rings. The number of non-ortho nitro benzene ring substituents is 2. The second-order valence-corrected chi connectivity index (χ2v) is 2.73. The van der Waals surface area contributed by atoms with Crippen LogP contribution in [0.4, 0.5) is 11.4 Å².